The summed E-state index contributed by atoms with van der Waals surface area (Å²) in [5.74, 6) is 1.55. The molecule has 1 fully saturated rings. The topological polar surface area (TPSA) is 99.8 Å². The maximum absolute atomic E-state index is 12.9. The maximum atomic E-state index is 12.9. The summed E-state index contributed by atoms with van der Waals surface area (Å²) in [6.07, 6.45) is -0.303. The molecule has 1 aliphatic rings. The van der Waals surface area contributed by atoms with E-state index >= 15 is 0 Å². The number of fused-ring (bicyclic) bond motifs is 1. The number of carbonyl (C=O) groups excluding carboxylic acids is 1. The Morgan fingerprint density at radius 2 is 2.12 bits per heavy atom. The number of hydrogen-bond acceptors (Lipinski definition) is 5. The lowest BCUT2D eigenvalue weighted by molar-refractivity contribution is -0.0268. The molecule has 3 heterocycles. The van der Waals surface area contributed by atoms with Crippen LogP contribution in [0.4, 0.5) is 0 Å². The number of rotatable bonds is 3. The number of nitrogens with one attached hydrogen (secondary N) is 2. The molecule has 8 heteroatoms. The van der Waals surface area contributed by atoms with Crippen molar-refractivity contribution in [3.63, 3.8) is 0 Å². The predicted molar refractivity (Wildman–Crippen MR) is 91.2 cm³/mol. The molecule has 0 saturated carbocycles. The summed E-state index contributed by atoms with van der Waals surface area (Å²) in [6.45, 7) is 5.48. The Morgan fingerprint density at radius 3 is 2.92 bits per heavy atom. The van der Waals surface area contributed by atoms with Gasteiger partial charge in [0.05, 0.1) is 18.7 Å². The Kier molecular flexibility index (Phi) is 3.96. The van der Waals surface area contributed by atoms with Gasteiger partial charge in [-0.05, 0) is 6.07 Å². The first kappa shape index (κ1) is 15.8. The van der Waals surface area contributed by atoms with Crippen molar-refractivity contribution in [2.45, 2.75) is 25.9 Å². The molecule has 4 rings (SSSR count). The Hall–Kier alpha value is -2.74. The number of carbonyl (C=O) groups is 1. The molecule has 1 unspecified atom stereocenters. The van der Waals surface area contributed by atoms with Gasteiger partial charge in [-0.3, -0.25) is 15.0 Å². The number of para-hydroxylation sites is 1. The largest absolute Gasteiger partial charge is 0.367 e. The standard InChI is InChI=1S/C17H20N6O2/c1-10(2)15-18-16(22-21-15)13-9-23(7-8-25-13)17(24)14-11-5-3-4-6-12(11)19-20-14/h3-6,10,13H,7-9H2,1-2H3,(H,19,20)(H,18,21,22). The molecule has 0 aliphatic carbocycles. The van der Waals surface area contributed by atoms with Crippen molar-refractivity contribution < 1.29 is 9.53 Å². The molecule has 25 heavy (non-hydrogen) atoms. The molecule has 0 spiro atoms. The van der Waals surface area contributed by atoms with Crippen LogP contribution in [-0.4, -0.2) is 55.9 Å². The number of aromatic nitrogens is 5. The van der Waals surface area contributed by atoms with Crippen LogP contribution in [0.25, 0.3) is 10.9 Å². The van der Waals surface area contributed by atoms with E-state index < -0.39 is 0 Å². The highest BCUT2D eigenvalue weighted by atomic mass is 16.5. The van der Waals surface area contributed by atoms with Gasteiger partial charge in [0.25, 0.3) is 5.91 Å². The zero-order chi connectivity index (χ0) is 17.4. The number of H-pyrrole nitrogens is 2. The number of ether oxygens (including phenoxy) is 1. The van der Waals surface area contributed by atoms with Gasteiger partial charge in [-0.15, -0.1) is 0 Å². The summed E-state index contributed by atoms with van der Waals surface area (Å²) < 4.78 is 5.79. The predicted octanol–water partition coefficient (Wildman–Crippen LogP) is 2.02. The molecule has 0 bridgehead atoms. The van der Waals surface area contributed by atoms with E-state index in [4.69, 9.17) is 4.74 Å². The Bertz CT molecular complexity index is 899. The molecule has 0 radical (unpaired) electrons. The van der Waals surface area contributed by atoms with Crippen molar-refractivity contribution >= 4 is 16.8 Å². The number of aromatic amines is 2. The quantitative estimate of drug-likeness (QED) is 0.760. The van der Waals surface area contributed by atoms with Gasteiger partial charge in [0, 0.05) is 17.8 Å². The first-order chi connectivity index (χ1) is 12.1. The SMILES string of the molecule is CC(C)c1n[nH]c(C2CN(C(=O)c3n[nH]c4ccccc34)CCO2)n1. The van der Waals surface area contributed by atoms with Crippen LogP contribution in [0.15, 0.2) is 24.3 Å². The fourth-order valence-electron chi connectivity index (χ4n) is 2.97. The third-order valence-corrected chi connectivity index (χ3v) is 4.37. The minimum absolute atomic E-state index is 0.102. The molecule has 1 atom stereocenters. The van der Waals surface area contributed by atoms with Crippen LogP contribution in [-0.2, 0) is 4.74 Å². The van der Waals surface area contributed by atoms with Gasteiger partial charge in [0.15, 0.2) is 17.3 Å². The van der Waals surface area contributed by atoms with Crippen molar-refractivity contribution in [2.75, 3.05) is 19.7 Å². The number of hydrogen-bond donors (Lipinski definition) is 2. The van der Waals surface area contributed by atoms with E-state index in [9.17, 15) is 4.79 Å². The molecule has 1 aromatic carbocycles. The van der Waals surface area contributed by atoms with E-state index in [1.807, 2.05) is 38.1 Å². The molecule has 3 aromatic rings. The highest BCUT2D eigenvalue weighted by Gasteiger charge is 2.30. The van der Waals surface area contributed by atoms with Gasteiger partial charge in [0.1, 0.15) is 6.10 Å². The van der Waals surface area contributed by atoms with E-state index in [2.05, 4.69) is 25.4 Å². The van der Waals surface area contributed by atoms with Crippen LogP contribution in [0.3, 0.4) is 0 Å². The Morgan fingerprint density at radius 1 is 1.28 bits per heavy atom. The van der Waals surface area contributed by atoms with Crippen LogP contribution >= 0.6 is 0 Å². The van der Waals surface area contributed by atoms with E-state index in [1.54, 1.807) is 4.90 Å². The molecular formula is C17H20N6O2. The second-order valence-electron chi connectivity index (χ2n) is 6.46. The van der Waals surface area contributed by atoms with Crippen LogP contribution in [0.5, 0.6) is 0 Å². The summed E-state index contributed by atoms with van der Waals surface area (Å²) in [6, 6.07) is 7.62. The Labute approximate surface area is 144 Å². The monoisotopic (exact) mass is 340 g/mol. The third-order valence-electron chi connectivity index (χ3n) is 4.37. The van der Waals surface area contributed by atoms with Gasteiger partial charge >= 0.3 is 0 Å². The zero-order valence-electron chi connectivity index (χ0n) is 14.2. The minimum atomic E-state index is -0.303. The Balaban J connectivity index is 1.55. The average molecular weight is 340 g/mol. The van der Waals surface area contributed by atoms with Crippen LogP contribution in [0, 0.1) is 0 Å². The maximum Gasteiger partial charge on any atom is 0.275 e. The highest BCUT2D eigenvalue weighted by molar-refractivity contribution is 6.04. The molecule has 2 N–H and O–H groups in total. The fraction of sp³-hybridized carbons (Fsp3) is 0.412. The lowest BCUT2D eigenvalue weighted by Crippen LogP contribution is -2.42. The lowest BCUT2D eigenvalue weighted by atomic mass is 10.1. The molecule has 130 valence electrons. The summed E-state index contributed by atoms with van der Waals surface area (Å²) in [5, 5.41) is 15.1. The van der Waals surface area contributed by atoms with Crippen molar-refractivity contribution in [1.29, 1.82) is 0 Å². The van der Waals surface area contributed by atoms with Crippen LogP contribution < -0.4 is 0 Å². The van der Waals surface area contributed by atoms with Crippen LogP contribution in [0.2, 0.25) is 0 Å². The van der Waals surface area contributed by atoms with Gasteiger partial charge in [-0.25, -0.2) is 4.98 Å². The van der Waals surface area contributed by atoms with E-state index in [1.165, 1.54) is 0 Å². The summed E-state index contributed by atoms with van der Waals surface area (Å²) >= 11 is 0. The van der Waals surface area contributed by atoms with Crippen molar-refractivity contribution in [3.05, 3.63) is 41.6 Å². The lowest BCUT2D eigenvalue weighted by Gasteiger charge is -2.31. The molecule has 1 amide bonds. The van der Waals surface area contributed by atoms with Crippen molar-refractivity contribution in [2.24, 2.45) is 0 Å². The van der Waals surface area contributed by atoms with E-state index in [-0.39, 0.29) is 17.9 Å². The minimum Gasteiger partial charge on any atom is -0.367 e. The number of benzene rings is 1. The normalized spacial score (nSPS) is 18.2. The first-order valence-electron chi connectivity index (χ1n) is 8.39. The van der Waals surface area contributed by atoms with Gasteiger partial charge in [0.2, 0.25) is 0 Å². The highest BCUT2D eigenvalue weighted by Crippen LogP contribution is 2.23. The summed E-state index contributed by atoms with van der Waals surface area (Å²) in [7, 11) is 0. The van der Waals surface area contributed by atoms with Crippen molar-refractivity contribution in [1.82, 2.24) is 30.3 Å². The fourth-order valence-corrected chi connectivity index (χ4v) is 2.97. The molecule has 2 aromatic heterocycles. The van der Waals surface area contributed by atoms with Gasteiger partial charge in [-0.2, -0.15) is 10.2 Å². The van der Waals surface area contributed by atoms with Gasteiger partial charge in [-0.1, -0.05) is 32.0 Å². The summed E-state index contributed by atoms with van der Waals surface area (Å²) in [5.41, 5.74) is 1.30. The molecule has 1 aliphatic heterocycles. The average Bonchev–Trinajstić information content (AvgIpc) is 3.28. The second kappa shape index (κ2) is 6.29. The number of morpholine rings is 1. The van der Waals surface area contributed by atoms with E-state index in [0.717, 1.165) is 16.7 Å². The van der Waals surface area contributed by atoms with Crippen molar-refractivity contribution in [3.8, 4) is 0 Å². The molecule has 1 saturated heterocycles. The number of amides is 1. The smallest absolute Gasteiger partial charge is 0.275 e. The summed E-state index contributed by atoms with van der Waals surface area (Å²) in [4.78, 5) is 19.2. The van der Waals surface area contributed by atoms with Gasteiger partial charge < -0.3 is 9.64 Å². The number of nitrogens with zero attached hydrogens (tertiary/aromatic N) is 4. The second-order valence-corrected chi connectivity index (χ2v) is 6.46. The van der Waals surface area contributed by atoms with Crippen LogP contribution in [0.1, 0.15) is 48.0 Å². The first-order valence-corrected chi connectivity index (χ1v) is 8.39. The third kappa shape index (κ3) is 2.89. The molecule has 8 nitrogen and oxygen atoms in total. The zero-order valence-corrected chi connectivity index (χ0v) is 14.2. The molecular weight excluding hydrogens is 320 g/mol. The van der Waals surface area contributed by atoms with E-state index in [0.29, 0.717) is 31.2 Å².